The van der Waals surface area contributed by atoms with Gasteiger partial charge >= 0.3 is 0 Å². The second-order valence-corrected chi connectivity index (χ2v) is 41.3. The maximum atomic E-state index is 2.51. The lowest BCUT2D eigenvalue weighted by molar-refractivity contribution is 1.30. The van der Waals surface area contributed by atoms with Crippen molar-refractivity contribution in [1.82, 2.24) is 0 Å². The topological polar surface area (TPSA) is 6.48 Å². The first-order chi connectivity index (χ1) is 33.5. The Labute approximate surface area is 421 Å². The summed E-state index contributed by atoms with van der Waals surface area (Å²) in [5.74, 6) is 0. The quantitative estimate of drug-likeness (QED) is 0.0889. The molecule has 0 atom stereocenters. The van der Waals surface area contributed by atoms with Crippen LogP contribution >= 0.6 is 0 Å². The highest BCUT2D eigenvalue weighted by Gasteiger charge is 2.29. The second-order valence-electron chi connectivity index (χ2n) is 22.3. The Morgan fingerprint density at radius 1 is 0.229 bits per heavy atom. The highest BCUT2D eigenvalue weighted by atomic mass is 28.3. The first-order valence-electron chi connectivity index (χ1n) is 25.0. The van der Waals surface area contributed by atoms with E-state index in [4.69, 9.17) is 0 Å². The number of anilines is 6. The molecule has 0 saturated heterocycles. The molecule has 0 N–H and O–H groups in total. The summed E-state index contributed by atoms with van der Waals surface area (Å²) in [6.45, 7) is 24.4. The Morgan fingerprint density at radius 3 is 0.757 bits per heavy atom. The number of rotatable bonds is 12. The number of hydrogen-bond acceptors (Lipinski definition) is 2. The van der Waals surface area contributed by atoms with Crippen LogP contribution in [0.25, 0.3) is 32.3 Å². The van der Waals surface area contributed by atoms with Gasteiger partial charge in [-0.2, -0.15) is 0 Å². The first-order valence-corrected chi connectivity index (χ1v) is 38.0. The van der Waals surface area contributed by atoms with Crippen molar-refractivity contribution in [2.45, 2.75) is 65.5 Å². The fourth-order valence-electron chi connectivity index (χ4n) is 10.5. The summed E-state index contributed by atoms with van der Waals surface area (Å²) >= 11 is 0. The number of fused-ring (bicyclic) bond motifs is 5. The van der Waals surface area contributed by atoms with E-state index in [1.165, 1.54) is 74.8 Å². The van der Waals surface area contributed by atoms with Crippen LogP contribution in [0.3, 0.4) is 0 Å². The maximum Gasteiger partial charge on any atom is 0.112 e. The van der Waals surface area contributed by atoms with Gasteiger partial charge in [0.1, 0.15) is 16.1 Å². The molecule has 0 heterocycles. The molecule has 0 spiro atoms. The van der Waals surface area contributed by atoms with Crippen molar-refractivity contribution in [2.75, 3.05) is 9.80 Å². The van der Waals surface area contributed by atoms with Crippen LogP contribution in [0.4, 0.5) is 34.1 Å². The molecule has 348 valence electrons. The molecule has 10 aromatic rings. The molecule has 0 amide bonds. The molecule has 70 heavy (non-hydrogen) atoms. The van der Waals surface area contributed by atoms with E-state index in [0.717, 1.165) is 22.7 Å². The van der Waals surface area contributed by atoms with Crippen molar-refractivity contribution in [1.29, 1.82) is 0 Å². The van der Waals surface area contributed by atoms with Gasteiger partial charge in [-0.05, 0) is 82.2 Å². The largest absolute Gasteiger partial charge is 0.310 e. The van der Waals surface area contributed by atoms with Crippen molar-refractivity contribution < 1.29 is 0 Å². The normalized spacial score (nSPS) is 12.4. The van der Waals surface area contributed by atoms with Gasteiger partial charge in [-0.3, -0.25) is 0 Å². The zero-order valence-corrected chi connectivity index (χ0v) is 46.7. The zero-order chi connectivity index (χ0) is 49.0. The number of nitrogens with zero attached hydrogens (tertiary/aromatic N) is 2. The van der Waals surface area contributed by atoms with Crippen LogP contribution in [0, 0.1) is 0 Å². The summed E-state index contributed by atoms with van der Waals surface area (Å²) in [5.41, 5.74) is 6.98. The SMILES string of the molecule is C[Si](C)(C)c1ccc(N(c2ccc([Si](C)(C)c3ccccc3)cc2)c2cc3c4ccccc4c(N(c4ccc([Si](C)(C)C)cc4)c4ccc([Si](C)(C)c5ccccc5)cc4)cc3c3ccccc23)cc1. The van der Waals surface area contributed by atoms with E-state index < -0.39 is 32.3 Å². The Kier molecular flexibility index (Phi) is 12.3. The van der Waals surface area contributed by atoms with Gasteiger partial charge in [-0.15, -0.1) is 0 Å². The number of benzene rings is 10. The predicted octanol–water partition coefficient (Wildman–Crippen LogP) is 14.8. The molecule has 0 aliphatic rings. The third-order valence-electron chi connectivity index (χ3n) is 15.0. The highest BCUT2D eigenvalue weighted by Crippen LogP contribution is 2.47. The van der Waals surface area contributed by atoms with Crippen molar-refractivity contribution in [3.8, 4) is 0 Å². The molecule has 0 saturated carbocycles. The highest BCUT2D eigenvalue weighted by molar-refractivity contribution is 7.01. The van der Waals surface area contributed by atoms with E-state index in [-0.39, 0.29) is 0 Å². The molecule has 0 radical (unpaired) electrons. The average molecular weight is 976 g/mol. The molecule has 0 aromatic heterocycles. The molecule has 0 aliphatic heterocycles. The average Bonchev–Trinajstić information content (AvgIpc) is 3.37. The van der Waals surface area contributed by atoms with Crippen LogP contribution in [0.15, 0.2) is 218 Å². The van der Waals surface area contributed by atoms with Crippen molar-refractivity contribution in [3.05, 3.63) is 218 Å². The summed E-state index contributed by atoms with van der Waals surface area (Å²) in [6.07, 6.45) is 0. The van der Waals surface area contributed by atoms with E-state index in [9.17, 15) is 0 Å². The maximum absolute atomic E-state index is 2.51. The van der Waals surface area contributed by atoms with Gasteiger partial charge in [-0.1, -0.05) is 254 Å². The summed E-state index contributed by atoms with van der Waals surface area (Å²) in [6, 6.07) is 83.2. The van der Waals surface area contributed by atoms with Gasteiger partial charge in [-0.25, -0.2) is 0 Å². The molecule has 6 heteroatoms. The van der Waals surface area contributed by atoms with Gasteiger partial charge in [0.05, 0.1) is 27.5 Å². The fraction of sp³-hybridized carbons (Fsp3) is 0.156. The predicted molar refractivity (Wildman–Crippen MR) is 321 cm³/mol. The Bertz CT molecular complexity index is 3230. The van der Waals surface area contributed by atoms with Crippen LogP contribution < -0.4 is 40.9 Å². The zero-order valence-electron chi connectivity index (χ0n) is 42.7. The van der Waals surface area contributed by atoms with Crippen LogP contribution in [0.1, 0.15) is 0 Å². The molecule has 0 bridgehead atoms. The summed E-state index contributed by atoms with van der Waals surface area (Å²) in [7, 11) is -6.93. The van der Waals surface area contributed by atoms with Crippen molar-refractivity contribution >= 4 is 130 Å². The van der Waals surface area contributed by atoms with Crippen LogP contribution in [0.2, 0.25) is 65.5 Å². The van der Waals surface area contributed by atoms with Gasteiger partial charge in [0.2, 0.25) is 0 Å². The summed E-state index contributed by atoms with van der Waals surface area (Å²) in [5, 5.41) is 16.1. The molecular weight excluding hydrogens is 909 g/mol. The van der Waals surface area contributed by atoms with Gasteiger partial charge in [0, 0.05) is 33.5 Å². The van der Waals surface area contributed by atoms with E-state index >= 15 is 0 Å². The minimum Gasteiger partial charge on any atom is -0.310 e. The Morgan fingerprint density at radius 2 is 0.471 bits per heavy atom. The van der Waals surface area contributed by atoms with Crippen LogP contribution in [-0.2, 0) is 0 Å². The molecule has 0 fully saturated rings. The van der Waals surface area contributed by atoms with Gasteiger partial charge < -0.3 is 9.80 Å². The second kappa shape index (κ2) is 18.3. The third-order valence-corrected chi connectivity index (χ3v) is 26.2. The molecule has 0 unspecified atom stereocenters. The van der Waals surface area contributed by atoms with Crippen molar-refractivity contribution in [2.24, 2.45) is 0 Å². The lowest BCUT2D eigenvalue weighted by atomic mass is 9.93. The molecule has 2 nitrogen and oxygen atoms in total. The number of hydrogen-bond donors (Lipinski definition) is 0. The summed E-state index contributed by atoms with van der Waals surface area (Å²) < 4.78 is 0. The fourth-order valence-corrected chi connectivity index (χ4v) is 17.5. The Balaban J connectivity index is 1.19. The van der Waals surface area contributed by atoms with Crippen LogP contribution in [-0.4, -0.2) is 32.3 Å². The van der Waals surface area contributed by atoms with Crippen LogP contribution in [0.5, 0.6) is 0 Å². The minimum atomic E-state index is -1.93. The third kappa shape index (κ3) is 8.83. The summed E-state index contributed by atoms with van der Waals surface area (Å²) in [4.78, 5) is 5.01. The molecule has 10 rings (SSSR count). The van der Waals surface area contributed by atoms with Crippen molar-refractivity contribution in [3.63, 3.8) is 0 Å². The molecule has 10 aromatic carbocycles. The smallest absolute Gasteiger partial charge is 0.112 e. The van der Waals surface area contributed by atoms with E-state index in [2.05, 4.69) is 294 Å². The standard InChI is InChI=1S/C64H66N2Si4/c1-67(2,3)51-37-29-47(30-38-51)65(49-33-41-55(42-34-49)69(7,8)53-21-13-11-14-22-53)63-45-61-58-26-18-20-28-60(58)64(46-62(61)57-25-17-19-27-59(57)63)66(48-31-39-52(40-32-48)68(4,5)6)50-35-43-56(44-36-50)70(9,10)54-23-15-12-16-24-54/h11-46H,1-10H3. The lowest BCUT2D eigenvalue weighted by Crippen LogP contribution is -2.52. The van der Waals surface area contributed by atoms with E-state index in [1.54, 1.807) is 0 Å². The molecule has 0 aliphatic carbocycles. The first kappa shape index (κ1) is 47.1. The lowest BCUT2D eigenvalue weighted by Gasteiger charge is -2.31. The van der Waals surface area contributed by atoms with Gasteiger partial charge in [0.25, 0.3) is 0 Å². The monoisotopic (exact) mass is 974 g/mol. The molecular formula is C64H66N2Si4. The van der Waals surface area contributed by atoms with E-state index in [1.807, 2.05) is 0 Å². The minimum absolute atomic E-state index is 1.16. The Hall–Kier alpha value is -6.55. The van der Waals surface area contributed by atoms with Gasteiger partial charge in [0.15, 0.2) is 0 Å². The van der Waals surface area contributed by atoms with E-state index in [0.29, 0.717) is 0 Å².